The van der Waals surface area contributed by atoms with Crippen molar-refractivity contribution in [1.29, 1.82) is 0 Å². The Labute approximate surface area is 103 Å². The summed E-state index contributed by atoms with van der Waals surface area (Å²) in [5.41, 5.74) is 0.712. The number of carbonyl (C=O) groups is 1. The third-order valence-electron chi connectivity index (χ3n) is 2.55. The average molecular weight is 235 g/mol. The summed E-state index contributed by atoms with van der Waals surface area (Å²) in [6.07, 6.45) is 0. The van der Waals surface area contributed by atoms with E-state index in [-0.39, 0.29) is 11.8 Å². The molecular weight excluding hydrogens is 214 g/mol. The van der Waals surface area contributed by atoms with E-state index in [2.05, 4.69) is 19.2 Å². The Balaban J connectivity index is 2.64. The molecule has 1 aromatic carbocycles. The molecule has 0 heterocycles. The van der Waals surface area contributed by atoms with Gasteiger partial charge >= 0.3 is 0 Å². The van der Waals surface area contributed by atoms with Crippen LogP contribution < -0.4 is 10.1 Å². The third kappa shape index (κ3) is 4.19. The Morgan fingerprint density at radius 3 is 2.29 bits per heavy atom. The predicted molar refractivity (Wildman–Crippen MR) is 69.6 cm³/mol. The summed E-state index contributed by atoms with van der Waals surface area (Å²) < 4.78 is 5.56. The number of benzene rings is 1. The molecule has 1 rings (SSSR count). The van der Waals surface area contributed by atoms with Crippen LogP contribution in [0, 0.1) is 5.92 Å². The Bertz CT molecular complexity index is 357. The second-order valence-electron chi connectivity index (χ2n) is 4.60. The lowest BCUT2D eigenvalue weighted by molar-refractivity contribution is 0.0955. The number of ether oxygens (including phenoxy) is 1. The van der Waals surface area contributed by atoms with Crippen molar-refractivity contribution >= 4 is 5.78 Å². The molecule has 0 fully saturated rings. The molecule has 1 N–H and O–H groups in total. The Morgan fingerprint density at radius 2 is 1.82 bits per heavy atom. The van der Waals surface area contributed by atoms with E-state index in [0.29, 0.717) is 18.1 Å². The van der Waals surface area contributed by atoms with Crippen molar-refractivity contribution in [2.45, 2.75) is 26.8 Å². The summed E-state index contributed by atoms with van der Waals surface area (Å²) in [6.45, 7) is 6.75. The van der Waals surface area contributed by atoms with E-state index >= 15 is 0 Å². The first kappa shape index (κ1) is 13.7. The minimum absolute atomic E-state index is 0.0999. The second kappa shape index (κ2) is 6.40. The second-order valence-corrected chi connectivity index (χ2v) is 4.60. The van der Waals surface area contributed by atoms with Gasteiger partial charge in [0.25, 0.3) is 0 Å². The smallest absolute Gasteiger partial charge is 0.179 e. The van der Waals surface area contributed by atoms with Crippen molar-refractivity contribution < 1.29 is 9.53 Å². The SMILES string of the molecule is CNC(C)C(=O)c1ccc(OCC(C)C)cc1. The third-order valence-corrected chi connectivity index (χ3v) is 2.55. The molecule has 3 nitrogen and oxygen atoms in total. The van der Waals surface area contributed by atoms with Crippen molar-refractivity contribution in [1.82, 2.24) is 5.32 Å². The molecule has 0 amide bonds. The molecule has 0 bridgehead atoms. The lowest BCUT2D eigenvalue weighted by atomic mass is 10.1. The molecule has 0 spiro atoms. The van der Waals surface area contributed by atoms with Crippen LogP contribution in [-0.4, -0.2) is 25.5 Å². The van der Waals surface area contributed by atoms with Crippen LogP contribution in [0.3, 0.4) is 0 Å². The van der Waals surface area contributed by atoms with Crippen LogP contribution in [0.4, 0.5) is 0 Å². The predicted octanol–water partition coefficient (Wildman–Crippen LogP) is 2.51. The van der Waals surface area contributed by atoms with Gasteiger partial charge in [-0.05, 0) is 44.2 Å². The van der Waals surface area contributed by atoms with Gasteiger partial charge in [0, 0.05) is 5.56 Å². The van der Waals surface area contributed by atoms with Crippen molar-refractivity contribution in [2.75, 3.05) is 13.7 Å². The van der Waals surface area contributed by atoms with Crippen molar-refractivity contribution in [3.05, 3.63) is 29.8 Å². The highest BCUT2D eigenvalue weighted by Crippen LogP contribution is 2.14. The molecule has 0 aromatic heterocycles. The molecule has 1 aromatic rings. The van der Waals surface area contributed by atoms with Gasteiger partial charge in [0.15, 0.2) is 5.78 Å². The summed E-state index contributed by atoms with van der Waals surface area (Å²) in [5, 5.41) is 2.94. The van der Waals surface area contributed by atoms with E-state index in [1.807, 2.05) is 31.2 Å². The van der Waals surface area contributed by atoms with Gasteiger partial charge in [0.2, 0.25) is 0 Å². The first-order valence-corrected chi connectivity index (χ1v) is 5.99. The van der Waals surface area contributed by atoms with Gasteiger partial charge in [0.1, 0.15) is 5.75 Å². The van der Waals surface area contributed by atoms with Crippen molar-refractivity contribution in [2.24, 2.45) is 5.92 Å². The van der Waals surface area contributed by atoms with Crippen molar-refractivity contribution in [3.8, 4) is 5.75 Å². The molecule has 0 saturated heterocycles. The van der Waals surface area contributed by atoms with Crippen molar-refractivity contribution in [3.63, 3.8) is 0 Å². The number of nitrogens with one attached hydrogen (secondary N) is 1. The molecule has 17 heavy (non-hydrogen) atoms. The number of Topliss-reactive ketones (excluding diaryl/α,β-unsaturated/α-hetero) is 1. The summed E-state index contributed by atoms with van der Waals surface area (Å²) in [7, 11) is 1.78. The standard InChI is InChI=1S/C14H21NO2/c1-10(2)9-17-13-7-5-12(6-8-13)14(16)11(3)15-4/h5-8,10-11,15H,9H2,1-4H3. The quantitative estimate of drug-likeness (QED) is 0.770. The van der Waals surface area contributed by atoms with Crippen LogP contribution in [0.25, 0.3) is 0 Å². The summed E-state index contributed by atoms with van der Waals surface area (Å²) in [5.74, 6) is 1.41. The first-order valence-electron chi connectivity index (χ1n) is 5.99. The van der Waals surface area contributed by atoms with E-state index in [0.717, 1.165) is 5.75 Å². The maximum absolute atomic E-state index is 11.8. The lowest BCUT2D eigenvalue weighted by Gasteiger charge is -2.11. The highest BCUT2D eigenvalue weighted by Gasteiger charge is 2.12. The summed E-state index contributed by atoms with van der Waals surface area (Å²) in [4.78, 5) is 11.8. The number of ketones is 1. The van der Waals surface area contributed by atoms with E-state index < -0.39 is 0 Å². The number of hydrogen-bond donors (Lipinski definition) is 1. The molecule has 3 heteroatoms. The van der Waals surface area contributed by atoms with Gasteiger partial charge in [-0.1, -0.05) is 13.8 Å². The van der Waals surface area contributed by atoms with Crippen LogP contribution in [0.1, 0.15) is 31.1 Å². The molecule has 0 aliphatic heterocycles. The zero-order valence-corrected chi connectivity index (χ0v) is 11.0. The molecule has 0 radical (unpaired) electrons. The minimum Gasteiger partial charge on any atom is -0.493 e. The fourth-order valence-electron chi connectivity index (χ4n) is 1.36. The van der Waals surface area contributed by atoms with Crippen LogP contribution >= 0.6 is 0 Å². The number of carbonyl (C=O) groups excluding carboxylic acids is 1. The zero-order valence-electron chi connectivity index (χ0n) is 11.0. The van der Waals surface area contributed by atoms with Gasteiger partial charge in [-0.15, -0.1) is 0 Å². The Morgan fingerprint density at radius 1 is 1.24 bits per heavy atom. The summed E-state index contributed by atoms with van der Waals surface area (Å²) in [6, 6.07) is 7.16. The first-order chi connectivity index (χ1) is 8.04. The zero-order chi connectivity index (χ0) is 12.8. The summed E-state index contributed by atoms with van der Waals surface area (Å²) >= 11 is 0. The molecule has 94 valence electrons. The lowest BCUT2D eigenvalue weighted by Crippen LogP contribution is -2.30. The normalized spacial score (nSPS) is 12.5. The number of hydrogen-bond acceptors (Lipinski definition) is 3. The van der Waals surface area contributed by atoms with E-state index in [1.165, 1.54) is 0 Å². The fourth-order valence-corrected chi connectivity index (χ4v) is 1.36. The molecular formula is C14H21NO2. The largest absolute Gasteiger partial charge is 0.493 e. The highest BCUT2D eigenvalue weighted by molar-refractivity contribution is 5.99. The van der Waals surface area contributed by atoms with E-state index in [1.54, 1.807) is 7.05 Å². The monoisotopic (exact) mass is 235 g/mol. The molecule has 1 atom stereocenters. The average Bonchev–Trinajstić information content (AvgIpc) is 2.35. The maximum Gasteiger partial charge on any atom is 0.179 e. The Hall–Kier alpha value is -1.35. The Kier molecular flexibility index (Phi) is 5.16. The van der Waals surface area contributed by atoms with Gasteiger partial charge in [-0.2, -0.15) is 0 Å². The van der Waals surface area contributed by atoms with Gasteiger partial charge in [0.05, 0.1) is 12.6 Å². The highest BCUT2D eigenvalue weighted by atomic mass is 16.5. The van der Waals surface area contributed by atoms with Crippen LogP contribution in [0.15, 0.2) is 24.3 Å². The molecule has 0 aliphatic carbocycles. The van der Waals surface area contributed by atoms with Gasteiger partial charge < -0.3 is 10.1 Å². The maximum atomic E-state index is 11.8. The minimum atomic E-state index is -0.155. The van der Waals surface area contributed by atoms with E-state index in [4.69, 9.17) is 4.74 Å². The van der Waals surface area contributed by atoms with E-state index in [9.17, 15) is 4.79 Å². The molecule has 1 unspecified atom stereocenters. The molecule has 0 saturated carbocycles. The van der Waals surface area contributed by atoms with Crippen LogP contribution in [0.2, 0.25) is 0 Å². The number of likely N-dealkylation sites (N-methyl/N-ethyl adjacent to an activating group) is 1. The van der Waals surface area contributed by atoms with Crippen LogP contribution in [-0.2, 0) is 0 Å². The topological polar surface area (TPSA) is 38.3 Å². The van der Waals surface area contributed by atoms with Crippen LogP contribution in [0.5, 0.6) is 5.75 Å². The van der Waals surface area contributed by atoms with Gasteiger partial charge in [-0.25, -0.2) is 0 Å². The molecule has 0 aliphatic rings. The number of rotatable bonds is 6. The van der Waals surface area contributed by atoms with Gasteiger partial charge in [-0.3, -0.25) is 4.79 Å². The fraction of sp³-hybridized carbons (Fsp3) is 0.500.